The number of hydrogen-bond acceptors (Lipinski definition) is 8. The van der Waals surface area contributed by atoms with Gasteiger partial charge in [-0.1, -0.05) is 30.3 Å². The van der Waals surface area contributed by atoms with Crippen LogP contribution in [0.25, 0.3) is 11.2 Å². The van der Waals surface area contributed by atoms with Crippen molar-refractivity contribution in [3.05, 3.63) is 60.8 Å². The van der Waals surface area contributed by atoms with Gasteiger partial charge in [0.1, 0.15) is 12.1 Å². The van der Waals surface area contributed by atoms with Crippen LogP contribution in [0, 0.1) is 0 Å². The number of nitrogens with one attached hydrogen (secondary N) is 2. The molecule has 0 unspecified atom stereocenters. The van der Waals surface area contributed by atoms with Gasteiger partial charge in [0.05, 0.1) is 6.33 Å². The Morgan fingerprint density at radius 3 is 2.58 bits per heavy atom. The monoisotopic (exact) mass is 443 g/mol. The summed E-state index contributed by atoms with van der Waals surface area (Å²) >= 11 is 0. The third kappa shape index (κ3) is 4.93. The first kappa shape index (κ1) is 21.3. The minimum absolute atomic E-state index is 0.242. The summed E-state index contributed by atoms with van der Waals surface area (Å²) in [5.41, 5.74) is 2.96. The zero-order valence-corrected chi connectivity index (χ0v) is 19.0. The fraction of sp³-hybridized carbons (Fsp3) is 0.375. The molecule has 0 atom stereocenters. The molecule has 0 bridgehead atoms. The highest BCUT2D eigenvalue weighted by molar-refractivity contribution is 5.84. The highest BCUT2D eigenvalue weighted by atomic mass is 15.2. The van der Waals surface area contributed by atoms with E-state index < -0.39 is 0 Å². The van der Waals surface area contributed by atoms with Gasteiger partial charge in [0.15, 0.2) is 17.0 Å². The van der Waals surface area contributed by atoms with Crippen molar-refractivity contribution < 1.29 is 0 Å². The number of likely N-dealkylation sites (tertiary alicyclic amines) is 1. The minimum atomic E-state index is 0.242. The molecule has 0 saturated carbocycles. The highest BCUT2D eigenvalue weighted by Gasteiger charge is 2.22. The Morgan fingerprint density at radius 2 is 1.85 bits per heavy atom. The molecule has 0 aliphatic carbocycles. The lowest BCUT2D eigenvalue weighted by molar-refractivity contribution is 0.211. The lowest BCUT2D eigenvalue weighted by atomic mass is 10.0. The molecule has 5 rings (SSSR count). The third-order valence-electron chi connectivity index (χ3n) is 5.98. The molecule has 0 amide bonds. The molecule has 4 heterocycles. The van der Waals surface area contributed by atoms with Crippen LogP contribution in [0.3, 0.4) is 0 Å². The van der Waals surface area contributed by atoms with E-state index in [1.54, 1.807) is 12.3 Å². The minimum Gasteiger partial charge on any atom is -0.365 e. The predicted molar refractivity (Wildman–Crippen MR) is 129 cm³/mol. The molecule has 1 aromatic carbocycles. The summed E-state index contributed by atoms with van der Waals surface area (Å²) in [6, 6.07) is 13.0. The van der Waals surface area contributed by atoms with Gasteiger partial charge in [0.25, 0.3) is 0 Å². The molecule has 9 nitrogen and oxygen atoms in total. The molecule has 0 radical (unpaired) electrons. The molecule has 9 heteroatoms. The van der Waals surface area contributed by atoms with Crippen molar-refractivity contribution in [2.75, 3.05) is 23.7 Å². The van der Waals surface area contributed by atoms with E-state index in [-0.39, 0.29) is 6.04 Å². The average molecular weight is 444 g/mol. The molecule has 33 heavy (non-hydrogen) atoms. The van der Waals surface area contributed by atoms with Crippen LogP contribution in [0.1, 0.15) is 38.3 Å². The van der Waals surface area contributed by atoms with Crippen molar-refractivity contribution in [2.24, 2.45) is 0 Å². The molecule has 1 saturated heterocycles. The molecule has 1 aliphatic rings. The average Bonchev–Trinajstić information content (AvgIpc) is 3.26. The zero-order valence-electron chi connectivity index (χ0n) is 19.0. The van der Waals surface area contributed by atoms with Crippen LogP contribution < -0.4 is 10.6 Å². The number of rotatable bonds is 7. The number of piperidine rings is 1. The van der Waals surface area contributed by atoms with E-state index in [0.29, 0.717) is 17.8 Å². The summed E-state index contributed by atoms with van der Waals surface area (Å²) in [7, 11) is 0. The van der Waals surface area contributed by atoms with E-state index in [9.17, 15) is 0 Å². The fourth-order valence-corrected chi connectivity index (χ4v) is 4.20. The maximum Gasteiger partial charge on any atom is 0.232 e. The molecule has 1 aliphatic heterocycles. The number of imidazole rings is 1. The van der Waals surface area contributed by atoms with Crippen molar-refractivity contribution in [3.63, 3.8) is 0 Å². The molecule has 170 valence electrons. The Labute approximate surface area is 193 Å². The number of nitrogens with zero attached hydrogens (tertiary/aromatic N) is 7. The number of hydrogen-bond donors (Lipinski definition) is 2. The van der Waals surface area contributed by atoms with Crippen LogP contribution in [0.4, 0.5) is 17.6 Å². The molecule has 0 spiro atoms. The van der Waals surface area contributed by atoms with Crippen molar-refractivity contribution in [3.8, 4) is 0 Å². The van der Waals surface area contributed by atoms with E-state index in [4.69, 9.17) is 9.97 Å². The second-order valence-electron chi connectivity index (χ2n) is 8.71. The number of benzene rings is 1. The van der Waals surface area contributed by atoms with Gasteiger partial charge >= 0.3 is 0 Å². The molecular formula is C24H29N9. The van der Waals surface area contributed by atoms with Gasteiger partial charge in [0.2, 0.25) is 5.95 Å². The van der Waals surface area contributed by atoms with Crippen LogP contribution in [0.2, 0.25) is 0 Å². The largest absolute Gasteiger partial charge is 0.365 e. The van der Waals surface area contributed by atoms with Crippen LogP contribution in [-0.4, -0.2) is 53.5 Å². The van der Waals surface area contributed by atoms with Gasteiger partial charge < -0.3 is 15.2 Å². The number of aromatic nitrogens is 6. The van der Waals surface area contributed by atoms with Crippen molar-refractivity contribution >= 4 is 28.7 Å². The first-order valence-corrected chi connectivity index (χ1v) is 11.5. The van der Waals surface area contributed by atoms with Crippen molar-refractivity contribution in [1.29, 1.82) is 0 Å². The fourth-order valence-electron chi connectivity index (χ4n) is 4.20. The topological polar surface area (TPSA) is 96.7 Å². The third-order valence-corrected chi connectivity index (χ3v) is 5.98. The summed E-state index contributed by atoms with van der Waals surface area (Å²) in [4.78, 5) is 24.9. The molecule has 2 N–H and O–H groups in total. The number of fused-ring (bicyclic) bond motifs is 1. The Balaban J connectivity index is 1.34. The Morgan fingerprint density at radius 1 is 1.03 bits per heavy atom. The summed E-state index contributed by atoms with van der Waals surface area (Å²) in [5, 5.41) is 6.86. The van der Waals surface area contributed by atoms with Crippen LogP contribution in [0.15, 0.2) is 55.2 Å². The molecule has 3 aromatic heterocycles. The lowest BCUT2D eigenvalue weighted by Crippen LogP contribution is -2.38. The summed E-state index contributed by atoms with van der Waals surface area (Å²) in [6.07, 6.45) is 7.14. The maximum atomic E-state index is 4.77. The van der Waals surface area contributed by atoms with E-state index in [0.717, 1.165) is 49.5 Å². The van der Waals surface area contributed by atoms with E-state index >= 15 is 0 Å². The SMILES string of the molecule is CC(C)n1cnc2c(NC3CCN(Cc4ccccc4)CC3)nc(Nc3ccncn3)nc21. The predicted octanol–water partition coefficient (Wildman–Crippen LogP) is 4.02. The van der Waals surface area contributed by atoms with Crippen molar-refractivity contribution in [1.82, 2.24) is 34.4 Å². The Kier molecular flexibility index (Phi) is 6.12. The first-order valence-electron chi connectivity index (χ1n) is 11.5. The van der Waals surface area contributed by atoms with Crippen LogP contribution >= 0.6 is 0 Å². The Hall–Kier alpha value is -3.59. The summed E-state index contributed by atoms with van der Waals surface area (Å²) < 4.78 is 2.07. The normalized spacial score (nSPS) is 15.2. The highest BCUT2D eigenvalue weighted by Crippen LogP contribution is 2.26. The second-order valence-corrected chi connectivity index (χ2v) is 8.71. The summed E-state index contributed by atoms with van der Waals surface area (Å²) in [5.74, 6) is 1.91. The molecule has 4 aromatic rings. The summed E-state index contributed by atoms with van der Waals surface area (Å²) in [6.45, 7) is 7.34. The van der Waals surface area contributed by atoms with E-state index in [1.165, 1.54) is 11.9 Å². The maximum absolute atomic E-state index is 4.77. The van der Waals surface area contributed by atoms with E-state index in [2.05, 4.69) is 79.2 Å². The van der Waals surface area contributed by atoms with Gasteiger partial charge in [-0.15, -0.1) is 0 Å². The zero-order chi connectivity index (χ0) is 22.6. The standard InChI is InChI=1S/C24H29N9/c1-17(2)33-16-27-21-22(30-24(31-23(21)33)29-20-8-11-25-15-26-20)28-19-9-12-32(13-10-19)14-18-6-4-3-5-7-18/h3-8,11,15-17,19H,9-10,12-14H2,1-2H3,(H2,25,26,28,29,30,31). The smallest absolute Gasteiger partial charge is 0.232 e. The van der Waals surface area contributed by atoms with E-state index in [1.807, 2.05) is 6.33 Å². The lowest BCUT2D eigenvalue weighted by Gasteiger charge is -2.32. The van der Waals surface area contributed by atoms with Gasteiger partial charge in [-0.2, -0.15) is 9.97 Å². The van der Waals surface area contributed by atoms with Gasteiger partial charge in [-0.25, -0.2) is 15.0 Å². The Bertz CT molecular complexity index is 1180. The quantitative estimate of drug-likeness (QED) is 0.442. The van der Waals surface area contributed by atoms with Gasteiger partial charge in [-0.3, -0.25) is 4.90 Å². The van der Waals surface area contributed by atoms with Crippen LogP contribution in [0.5, 0.6) is 0 Å². The van der Waals surface area contributed by atoms with Gasteiger partial charge in [-0.05, 0) is 38.3 Å². The van der Waals surface area contributed by atoms with Crippen molar-refractivity contribution in [2.45, 2.75) is 45.3 Å². The second kappa shape index (κ2) is 9.50. The van der Waals surface area contributed by atoms with Gasteiger partial charge in [0, 0.05) is 37.9 Å². The first-order chi connectivity index (χ1) is 16.2. The molecule has 1 fully saturated rings. The van der Waals surface area contributed by atoms with Crippen LogP contribution in [-0.2, 0) is 6.54 Å². The number of anilines is 3. The molecular weight excluding hydrogens is 414 g/mol.